The fourth-order valence-electron chi connectivity index (χ4n) is 2.56. The lowest BCUT2D eigenvalue weighted by molar-refractivity contribution is -0.204. The molecule has 0 saturated carbocycles. The highest BCUT2D eigenvalue weighted by atomic mass is 35.5. The van der Waals surface area contributed by atoms with Crippen molar-refractivity contribution in [1.82, 2.24) is 0 Å². The first kappa shape index (κ1) is 19.9. The van der Waals surface area contributed by atoms with E-state index in [0.29, 0.717) is 18.1 Å². The summed E-state index contributed by atoms with van der Waals surface area (Å²) < 4.78 is 55.9. The van der Waals surface area contributed by atoms with Crippen LogP contribution in [0.3, 0.4) is 0 Å². The zero-order valence-corrected chi connectivity index (χ0v) is 15.2. The van der Waals surface area contributed by atoms with Gasteiger partial charge in [-0.1, -0.05) is 11.6 Å². The molecule has 1 aliphatic rings. The number of ether oxygens (including phenoxy) is 3. The molecule has 0 aliphatic carbocycles. The summed E-state index contributed by atoms with van der Waals surface area (Å²) in [6.45, 7) is 2.35. The van der Waals surface area contributed by atoms with E-state index in [1.807, 2.05) is 6.92 Å². The molecule has 0 amide bonds. The molecule has 2 aromatic rings. The number of rotatable bonds is 5. The van der Waals surface area contributed by atoms with E-state index in [-0.39, 0.29) is 17.1 Å². The van der Waals surface area contributed by atoms with Crippen molar-refractivity contribution >= 4 is 23.6 Å². The van der Waals surface area contributed by atoms with Crippen LogP contribution >= 0.6 is 11.6 Å². The molecule has 0 bridgehead atoms. The average Bonchev–Trinajstić information content (AvgIpc) is 2.62. The number of aliphatic carboxylic acids is 1. The second kappa shape index (κ2) is 7.27. The zero-order valence-electron chi connectivity index (χ0n) is 14.4. The van der Waals surface area contributed by atoms with Crippen LogP contribution in [0, 0.1) is 0 Å². The van der Waals surface area contributed by atoms with Gasteiger partial charge in [-0.3, -0.25) is 0 Å². The average molecular weight is 415 g/mol. The second-order valence-corrected chi connectivity index (χ2v) is 6.30. The first-order valence-electron chi connectivity index (χ1n) is 8.09. The molecule has 0 radical (unpaired) electrons. The van der Waals surface area contributed by atoms with E-state index in [2.05, 4.69) is 0 Å². The molecule has 5 nitrogen and oxygen atoms in total. The van der Waals surface area contributed by atoms with Gasteiger partial charge in [-0.05, 0) is 49.4 Å². The first-order chi connectivity index (χ1) is 13.1. The number of carbonyl (C=O) groups is 1. The van der Waals surface area contributed by atoms with Crippen LogP contribution in [-0.2, 0) is 4.79 Å². The largest absolute Gasteiger partial charge is 0.494 e. The highest BCUT2D eigenvalue weighted by Crippen LogP contribution is 2.48. The van der Waals surface area contributed by atoms with Crippen molar-refractivity contribution in [2.45, 2.75) is 18.2 Å². The van der Waals surface area contributed by atoms with Gasteiger partial charge in [-0.25, -0.2) is 4.79 Å². The van der Waals surface area contributed by atoms with Gasteiger partial charge in [-0.2, -0.15) is 13.2 Å². The highest BCUT2D eigenvalue weighted by molar-refractivity contribution is 6.29. The molecular formula is C19H14ClF3O5. The van der Waals surface area contributed by atoms with Crippen LogP contribution in [0.15, 0.2) is 48.0 Å². The SMILES string of the molecule is CCOc1ccc(Oc2ccc3c(c2)OC(Cl)(C(F)(F)F)C(C(=O)O)=C3)cc1. The van der Waals surface area contributed by atoms with E-state index in [4.69, 9.17) is 30.9 Å². The Balaban J connectivity index is 1.91. The Kier molecular flexibility index (Phi) is 5.16. The van der Waals surface area contributed by atoms with Gasteiger partial charge < -0.3 is 19.3 Å². The molecule has 9 heteroatoms. The lowest BCUT2D eigenvalue weighted by Gasteiger charge is -2.34. The van der Waals surface area contributed by atoms with Gasteiger partial charge in [0.15, 0.2) is 0 Å². The zero-order chi connectivity index (χ0) is 20.5. The predicted octanol–water partition coefficient (Wildman–Crippen LogP) is 5.24. The van der Waals surface area contributed by atoms with Crippen molar-refractivity contribution in [2.24, 2.45) is 0 Å². The number of benzene rings is 2. The minimum absolute atomic E-state index is 0.136. The summed E-state index contributed by atoms with van der Waals surface area (Å²) in [5.41, 5.74) is -0.980. The van der Waals surface area contributed by atoms with E-state index >= 15 is 0 Å². The van der Waals surface area contributed by atoms with E-state index in [9.17, 15) is 18.0 Å². The molecule has 1 N–H and O–H groups in total. The second-order valence-electron chi connectivity index (χ2n) is 5.76. The van der Waals surface area contributed by atoms with Crippen molar-refractivity contribution in [1.29, 1.82) is 0 Å². The van der Waals surface area contributed by atoms with Gasteiger partial charge in [0.25, 0.3) is 0 Å². The molecule has 1 atom stereocenters. The molecular weight excluding hydrogens is 401 g/mol. The monoisotopic (exact) mass is 414 g/mol. The maximum atomic E-state index is 13.4. The highest BCUT2D eigenvalue weighted by Gasteiger charge is 2.62. The number of carboxylic acids is 1. The van der Waals surface area contributed by atoms with Crippen LogP contribution in [0.1, 0.15) is 12.5 Å². The lowest BCUT2D eigenvalue weighted by Crippen LogP contribution is -2.50. The summed E-state index contributed by atoms with van der Waals surface area (Å²) in [7, 11) is 0. The van der Waals surface area contributed by atoms with E-state index < -0.39 is 22.8 Å². The van der Waals surface area contributed by atoms with Gasteiger partial charge in [0.1, 0.15) is 28.6 Å². The van der Waals surface area contributed by atoms with E-state index in [1.54, 1.807) is 24.3 Å². The third kappa shape index (κ3) is 3.73. The minimum Gasteiger partial charge on any atom is -0.494 e. The first-order valence-corrected chi connectivity index (χ1v) is 8.46. The molecule has 28 heavy (non-hydrogen) atoms. The number of hydrogen-bond donors (Lipinski definition) is 1. The Morgan fingerprint density at radius 2 is 1.75 bits per heavy atom. The van der Waals surface area contributed by atoms with Crippen molar-refractivity contribution in [3.63, 3.8) is 0 Å². The summed E-state index contributed by atoms with van der Waals surface area (Å²) in [4.78, 5) is 11.2. The van der Waals surface area contributed by atoms with Crippen molar-refractivity contribution in [3.05, 3.63) is 53.6 Å². The van der Waals surface area contributed by atoms with Gasteiger partial charge in [0.05, 0.1) is 6.61 Å². The molecule has 0 spiro atoms. The van der Waals surface area contributed by atoms with Crippen LogP contribution in [0.5, 0.6) is 23.0 Å². The fraction of sp³-hybridized carbons (Fsp3) is 0.211. The molecule has 148 valence electrons. The molecule has 1 aliphatic heterocycles. The fourth-order valence-corrected chi connectivity index (χ4v) is 2.78. The number of fused-ring (bicyclic) bond motifs is 1. The maximum Gasteiger partial charge on any atom is 0.448 e. The lowest BCUT2D eigenvalue weighted by atomic mass is 10.0. The summed E-state index contributed by atoms with van der Waals surface area (Å²) in [5.74, 6) is -0.814. The minimum atomic E-state index is -5.15. The third-order valence-electron chi connectivity index (χ3n) is 3.85. The molecule has 3 rings (SSSR count). The van der Waals surface area contributed by atoms with Crippen LogP contribution in [-0.4, -0.2) is 28.9 Å². The Morgan fingerprint density at radius 3 is 2.32 bits per heavy atom. The summed E-state index contributed by atoms with van der Waals surface area (Å²) in [6, 6.07) is 10.7. The molecule has 0 aromatic heterocycles. The van der Waals surface area contributed by atoms with E-state index in [0.717, 1.165) is 6.08 Å². The predicted molar refractivity (Wildman–Crippen MR) is 95.0 cm³/mol. The van der Waals surface area contributed by atoms with Crippen molar-refractivity contribution < 1.29 is 37.3 Å². The molecule has 2 aromatic carbocycles. The normalized spacial score (nSPS) is 18.5. The van der Waals surface area contributed by atoms with Crippen molar-refractivity contribution in [3.8, 4) is 23.0 Å². The smallest absolute Gasteiger partial charge is 0.448 e. The third-order valence-corrected chi connectivity index (χ3v) is 4.34. The van der Waals surface area contributed by atoms with Crippen LogP contribution in [0.2, 0.25) is 0 Å². The van der Waals surface area contributed by atoms with Gasteiger partial charge in [-0.15, -0.1) is 0 Å². The molecule has 0 fully saturated rings. The van der Waals surface area contributed by atoms with Crippen LogP contribution in [0.4, 0.5) is 13.2 Å². The number of halogens is 4. The molecule has 1 unspecified atom stereocenters. The topological polar surface area (TPSA) is 65.0 Å². The summed E-state index contributed by atoms with van der Waals surface area (Å²) in [5, 5.41) is 5.61. The molecule has 0 saturated heterocycles. The van der Waals surface area contributed by atoms with Crippen molar-refractivity contribution in [2.75, 3.05) is 6.61 Å². The standard InChI is InChI=1S/C19H14ClF3O5/c1-2-26-12-5-7-13(8-6-12)27-14-4-3-11-9-15(17(24)25)18(20,19(21,22)23)28-16(11)10-14/h3-10H,2H2,1H3,(H,24,25). The Bertz CT molecular complexity index is 924. The number of hydrogen-bond acceptors (Lipinski definition) is 4. The van der Waals surface area contributed by atoms with Gasteiger partial charge in [0, 0.05) is 11.6 Å². The Morgan fingerprint density at radius 1 is 1.14 bits per heavy atom. The quantitative estimate of drug-likeness (QED) is 0.678. The Hall–Kier alpha value is -2.87. The van der Waals surface area contributed by atoms with E-state index in [1.165, 1.54) is 18.2 Å². The Labute approximate surface area is 162 Å². The number of carboxylic acid groups (broad SMARTS) is 1. The summed E-state index contributed by atoms with van der Waals surface area (Å²) in [6.07, 6.45) is -4.31. The van der Waals surface area contributed by atoms with Gasteiger partial charge in [0.2, 0.25) is 0 Å². The van der Waals surface area contributed by atoms with Crippen LogP contribution in [0.25, 0.3) is 6.08 Å². The van der Waals surface area contributed by atoms with Crippen LogP contribution < -0.4 is 14.2 Å². The number of alkyl halides is 4. The maximum absolute atomic E-state index is 13.4. The summed E-state index contributed by atoms with van der Waals surface area (Å²) >= 11 is 5.55. The molecule has 1 heterocycles. The van der Waals surface area contributed by atoms with Gasteiger partial charge >= 0.3 is 17.2 Å².